The van der Waals surface area contributed by atoms with Gasteiger partial charge in [-0.2, -0.15) is 0 Å². The molecule has 0 radical (unpaired) electrons. The van der Waals surface area contributed by atoms with Crippen molar-refractivity contribution in [3.05, 3.63) is 35.9 Å². The molecule has 0 saturated heterocycles. The number of carbonyl (C=O) groups is 2. The molecular weight excluding hydrogens is 176 g/mol. The Kier molecular flexibility index (Phi) is 8.65. The van der Waals surface area contributed by atoms with E-state index in [1.807, 2.05) is 18.2 Å². The van der Waals surface area contributed by atoms with Gasteiger partial charge in [-0.25, -0.2) is 0 Å². The Labute approximate surface area is 84.9 Å². The molecular formula is C12H16O2. The monoisotopic (exact) mass is 192 g/mol. The molecule has 0 atom stereocenters. The molecule has 1 aromatic carbocycles. The molecule has 0 aliphatic carbocycles. The number of aldehydes is 2. The lowest BCUT2D eigenvalue weighted by Crippen LogP contribution is -1.76. The van der Waals surface area contributed by atoms with E-state index < -0.39 is 0 Å². The Bertz CT molecular complexity index is 234. The zero-order valence-corrected chi connectivity index (χ0v) is 8.48. The first kappa shape index (κ1) is 12.6. The molecule has 0 bridgehead atoms. The summed E-state index contributed by atoms with van der Waals surface area (Å²) in [5.41, 5.74) is 1.32. The summed E-state index contributed by atoms with van der Waals surface area (Å²) in [5.74, 6) is 0. The van der Waals surface area contributed by atoms with E-state index in [4.69, 9.17) is 0 Å². The van der Waals surface area contributed by atoms with Gasteiger partial charge < -0.3 is 9.59 Å². The van der Waals surface area contributed by atoms with Crippen molar-refractivity contribution < 1.29 is 9.59 Å². The topological polar surface area (TPSA) is 34.1 Å². The molecule has 76 valence electrons. The molecule has 0 heterocycles. The van der Waals surface area contributed by atoms with Gasteiger partial charge in [-0.15, -0.1) is 0 Å². The third-order valence-electron chi connectivity index (χ3n) is 1.58. The van der Waals surface area contributed by atoms with E-state index in [1.54, 1.807) is 0 Å². The van der Waals surface area contributed by atoms with E-state index in [0.29, 0.717) is 19.3 Å². The van der Waals surface area contributed by atoms with Gasteiger partial charge in [0.25, 0.3) is 0 Å². The normalized spacial score (nSPS) is 8.36. The second-order valence-electron chi connectivity index (χ2n) is 2.92. The Morgan fingerprint density at radius 1 is 1.00 bits per heavy atom. The van der Waals surface area contributed by atoms with Crippen LogP contribution in [0.15, 0.2) is 30.3 Å². The summed E-state index contributed by atoms with van der Waals surface area (Å²) in [4.78, 5) is 19.1. The second-order valence-corrected chi connectivity index (χ2v) is 2.92. The second kappa shape index (κ2) is 9.65. The van der Waals surface area contributed by atoms with Crippen molar-refractivity contribution in [1.29, 1.82) is 0 Å². The first-order valence-electron chi connectivity index (χ1n) is 4.70. The predicted octanol–water partition coefficient (Wildman–Crippen LogP) is 2.55. The molecule has 0 aliphatic heterocycles. The van der Waals surface area contributed by atoms with E-state index >= 15 is 0 Å². The zero-order chi connectivity index (χ0) is 10.6. The van der Waals surface area contributed by atoms with Crippen molar-refractivity contribution in [1.82, 2.24) is 0 Å². The number of benzene rings is 1. The number of rotatable bonds is 4. The third-order valence-corrected chi connectivity index (χ3v) is 1.58. The third kappa shape index (κ3) is 8.65. The fourth-order valence-corrected chi connectivity index (χ4v) is 0.819. The molecule has 0 N–H and O–H groups in total. The van der Waals surface area contributed by atoms with Gasteiger partial charge in [0, 0.05) is 12.8 Å². The first-order valence-corrected chi connectivity index (χ1v) is 4.70. The summed E-state index contributed by atoms with van der Waals surface area (Å²) in [7, 11) is 0. The van der Waals surface area contributed by atoms with Crippen LogP contribution in [0.5, 0.6) is 0 Å². The van der Waals surface area contributed by atoms with E-state index in [-0.39, 0.29) is 0 Å². The van der Waals surface area contributed by atoms with Crippen LogP contribution in [-0.2, 0) is 9.59 Å². The molecule has 2 nitrogen and oxygen atoms in total. The van der Waals surface area contributed by atoms with Crippen LogP contribution in [0.25, 0.3) is 0 Å². The van der Waals surface area contributed by atoms with Gasteiger partial charge in [-0.05, 0) is 13.3 Å². The maximum atomic E-state index is 9.56. The molecule has 14 heavy (non-hydrogen) atoms. The highest BCUT2D eigenvalue weighted by Crippen LogP contribution is 1.92. The largest absolute Gasteiger partial charge is 0.303 e. The Morgan fingerprint density at radius 3 is 1.79 bits per heavy atom. The van der Waals surface area contributed by atoms with Gasteiger partial charge in [-0.1, -0.05) is 35.9 Å². The summed E-state index contributed by atoms with van der Waals surface area (Å²) in [5, 5.41) is 0. The molecule has 0 aliphatic rings. The van der Waals surface area contributed by atoms with Crippen molar-refractivity contribution in [3.63, 3.8) is 0 Å². The maximum Gasteiger partial charge on any atom is 0.120 e. The van der Waals surface area contributed by atoms with Crippen LogP contribution in [0.2, 0.25) is 0 Å². The summed E-state index contributed by atoms with van der Waals surface area (Å²) >= 11 is 0. The van der Waals surface area contributed by atoms with E-state index in [2.05, 4.69) is 19.1 Å². The fraction of sp³-hybridized carbons (Fsp3) is 0.333. The van der Waals surface area contributed by atoms with Crippen molar-refractivity contribution in [2.75, 3.05) is 0 Å². The van der Waals surface area contributed by atoms with E-state index in [1.165, 1.54) is 5.56 Å². The molecule has 0 aromatic heterocycles. The predicted molar refractivity (Wildman–Crippen MR) is 57.2 cm³/mol. The van der Waals surface area contributed by atoms with E-state index in [9.17, 15) is 9.59 Å². The van der Waals surface area contributed by atoms with Gasteiger partial charge in [0.05, 0.1) is 0 Å². The highest BCUT2D eigenvalue weighted by atomic mass is 16.1. The SMILES string of the molecule is Cc1ccccc1.O=CCCCC=O. The van der Waals surface area contributed by atoms with Gasteiger partial charge >= 0.3 is 0 Å². The van der Waals surface area contributed by atoms with Crippen LogP contribution < -0.4 is 0 Å². The van der Waals surface area contributed by atoms with Crippen LogP contribution in [0.4, 0.5) is 0 Å². The van der Waals surface area contributed by atoms with Crippen molar-refractivity contribution >= 4 is 12.6 Å². The minimum Gasteiger partial charge on any atom is -0.303 e. The van der Waals surface area contributed by atoms with Crippen LogP contribution >= 0.6 is 0 Å². The number of aryl methyl sites for hydroxylation is 1. The molecule has 2 heteroatoms. The van der Waals surface area contributed by atoms with Crippen molar-refractivity contribution in [2.45, 2.75) is 26.2 Å². The average molecular weight is 192 g/mol. The summed E-state index contributed by atoms with van der Waals surface area (Å²) in [6.45, 7) is 2.08. The van der Waals surface area contributed by atoms with Gasteiger partial charge in [0.2, 0.25) is 0 Å². The van der Waals surface area contributed by atoms with Crippen molar-refractivity contribution in [2.24, 2.45) is 0 Å². The molecule has 0 saturated carbocycles. The van der Waals surface area contributed by atoms with E-state index in [0.717, 1.165) is 12.6 Å². The minimum absolute atomic E-state index is 0.513. The Balaban J connectivity index is 0.000000241. The fourth-order valence-electron chi connectivity index (χ4n) is 0.819. The van der Waals surface area contributed by atoms with Crippen LogP contribution in [-0.4, -0.2) is 12.6 Å². The summed E-state index contributed by atoms with van der Waals surface area (Å²) < 4.78 is 0. The molecule has 1 aromatic rings. The molecule has 0 fully saturated rings. The average Bonchev–Trinajstić information content (AvgIpc) is 2.21. The highest BCUT2D eigenvalue weighted by Gasteiger charge is 1.80. The van der Waals surface area contributed by atoms with Gasteiger partial charge in [0.15, 0.2) is 0 Å². The smallest absolute Gasteiger partial charge is 0.120 e. The lowest BCUT2D eigenvalue weighted by molar-refractivity contribution is -0.108. The quantitative estimate of drug-likeness (QED) is 0.542. The highest BCUT2D eigenvalue weighted by molar-refractivity contribution is 5.52. The van der Waals surface area contributed by atoms with Gasteiger partial charge in [0.1, 0.15) is 12.6 Å². The van der Waals surface area contributed by atoms with Gasteiger partial charge in [-0.3, -0.25) is 0 Å². The molecule has 0 amide bonds. The number of carbonyl (C=O) groups excluding carboxylic acids is 2. The van der Waals surface area contributed by atoms with Crippen LogP contribution in [0, 0.1) is 6.92 Å². The van der Waals surface area contributed by atoms with Crippen LogP contribution in [0.3, 0.4) is 0 Å². The standard InChI is InChI=1S/C7H8.C5H8O2/c1-7-5-3-2-4-6-7;6-4-2-1-3-5-7/h2-6H,1H3;4-5H,1-3H2. The zero-order valence-electron chi connectivity index (χ0n) is 8.48. The molecule has 1 rings (SSSR count). The number of unbranched alkanes of at least 4 members (excludes halogenated alkanes) is 2. The van der Waals surface area contributed by atoms with Crippen molar-refractivity contribution in [3.8, 4) is 0 Å². The number of hydrogen-bond acceptors (Lipinski definition) is 2. The van der Waals surface area contributed by atoms with Crippen LogP contribution in [0.1, 0.15) is 24.8 Å². The lowest BCUT2D eigenvalue weighted by atomic mass is 10.2. The first-order chi connectivity index (χ1) is 6.81. The molecule has 0 unspecified atom stereocenters. The minimum atomic E-state index is 0.513. The summed E-state index contributed by atoms with van der Waals surface area (Å²) in [6, 6.07) is 10.3. The maximum absolute atomic E-state index is 9.56. The lowest BCUT2D eigenvalue weighted by Gasteiger charge is -1.82. The summed E-state index contributed by atoms with van der Waals surface area (Å²) in [6.07, 6.45) is 3.37. The molecule has 0 spiro atoms. The Morgan fingerprint density at radius 2 is 1.50 bits per heavy atom. The number of hydrogen-bond donors (Lipinski definition) is 0. The Hall–Kier alpha value is -1.44.